The molecule has 2 amide bonds. The smallest absolute Gasteiger partial charge is 0.274 e. The first-order valence-electron chi connectivity index (χ1n) is 10.0. The topological polar surface area (TPSA) is 119 Å². The van der Waals surface area contributed by atoms with Crippen LogP contribution in [-0.2, 0) is 9.59 Å². The molecule has 0 saturated carbocycles. The Balaban J connectivity index is 1.30. The van der Waals surface area contributed by atoms with Crippen LogP contribution in [-0.4, -0.2) is 46.0 Å². The van der Waals surface area contributed by atoms with Gasteiger partial charge in [0.05, 0.1) is 0 Å². The molecular formula is C22H19N5O5. The van der Waals surface area contributed by atoms with Crippen molar-refractivity contribution in [2.45, 2.75) is 19.8 Å². The lowest BCUT2D eigenvalue weighted by Gasteiger charge is -2.21. The van der Waals surface area contributed by atoms with E-state index in [9.17, 15) is 9.59 Å². The van der Waals surface area contributed by atoms with Gasteiger partial charge in [-0.3, -0.25) is 9.59 Å². The van der Waals surface area contributed by atoms with E-state index in [-0.39, 0.29) is 37.5 Å². The van der Waals surface area contributed by atoms with Crippen molar-refractivity contribution in [2.75, 3.05) is 18.7 Å². The number of hydrazone groups is 1. The molecule has 0 spiro atoms. The molecule has 0 bridgehead atoms. The van der Waals surface area contributed by atoms with Crippen molar-refractivity contribution in [3.05, 3.63) is 53.9 Å². The van der Waals surface area contributed by atoms with Crippen LogP contribution in [0.4, 0.5) is 5.69 Å². The summed E-state index contributed by atoms with van der Waals surface area (Å²) in [5.74, 6) is 1.24. The average molecular weight is 433 g/mol. The summed E-state index contributed by atoms with van der Waals surface area (Å²) < 4.78 is 16.1. The van der Waals surface area contributed by atoms with Crippen LogP contribution in [0.3, 0.4) is 0 Å². The molecule has 1 aromatic heterocycles. The molecule has 3 heterocycles. The second kappa shape index (κ2) is 8.14. The van der Waals surface area contributed by atoms with Crippen molar-refractivity contribution in [3.63, 3.8) is 0 Å². The molecule has 2 aliphatic rings. The number of nitrogens with zero attached hydrogens (tertiary/aromatic N) is 4. The molecule has 32 heavy (non-hydrogen) atoms. The van der Waals surface area contributed by atoms with Gasteiger partial charge in [-0.1, -0.05) is 22.9 Å². The summed E-state index contributed by atoms with van der Waals surface area (Å²) in [6, 6.07) is 12.7. The van der Waals surface area contributed by atoms with E-state index >= 15 is 0 Å². The van der Waals surface area contributed by atoms with Gasteiger partial charge in [0.15, 0.2) is 11.5 Å². The van der Waals surface area contributed by atoms with Gasteiger partial charge in [-0.15, -0.1) is 0 Å². The number of fused-ring (bicyclic) bond motifs is 1. The Kier molecular flexibility index (Phi) is 5.02. The van der Waals surface area contributed by atoms with Crippen LogP contribution in [0.25, 0.3) is 11.4 Å². The highest BCUT2D eigenvalue weighted by atomic mass is 16.7. The number of anilines is 1. The second-order valence-corrected chi connectivity index (χ2v) is 7.40. The first kappa shape index (κ1) is 19.7. The van der Waals surface area contributed by atoms with E-state index in [4.69, 9.17) is 14.0 Å². The van der Waals surface area contributed by atoms with Crippen LogP contribution in [0.2, 0.25) is 0 Å². The lowest BCUT2D eigenvalue weighted by molar-refractivity contribution is -0.135. The second-order valence-electron chi connectivity index (χ2n) is 7.40. The van der Waals surface area contributed by atoms with E-state index in [0.29, 0.717) is 40.7 Å². The lowest BCUT2D eigenvalue weighted by atomic mass is 10.1. The van der Waals surface area contributed by atoms with Crippen molar-refractivity contribution >= 4 is 23.2 Å². The maximum absolute atomic E-state index is 12.4. The standard InChI is InChI=1S/C22H19N5O5/c1-13-2-5-15(6-3-13)23-19(28)11-27-20(29)9-7-16(25-27)22-24-21(26-32-22)14-4-8-17-18(10-14)31-12-30-17/h2-6,8,10H,7,9,11-12H2,1H3,(H,23,28). The van der Waals surface area contributed by atoms with Gasteiger partial charge in [0.25, 0.3) is 5.89 Å². The molecule has 5 rings (SSSR count). The first-order chi connectivity index (χ1) is 15.5. The number of rotatable bonds is 5. The summed E-state index contributed by atoms with van der Waals surface area (Å²) in [5.41, 5.74) is 2.89. The zero-order valence-electron chi connectivity index (χ0n) is 17.2. The van der Waals surface area contributed by atoms with Gasteiger partial charge in [-0.05, 0) is 37.3 Å². The maximum Gasteiger partial charge on any atom is 0.274 e. The van der Waals surface area contributed by atoms with Gasteiger partial charge in [0.2, 0.25) is 24.4 Å². The third-order valence-electron chi connectivity index (χ3n) is 5.04. The van der Waals surface area contributed by atoms with Crippen molar-refractivity contribution in [1.29, 1.82) is 0 Å². The fourth-order valence-corrected chi connectivity index (χ4v) is 3.35. The molecule has 1 N–H and O–H groups in total. The monoisotopic (exact) mass is 433 g/mol. The Labute approximate surface area is 182 Å². The number of benzene rings is 2. The molecule has 10 heteroatoms. The SMILES string of the molecule is Cc1ccc(NC(=O)CN2N=C(c3nc(-c4ccc5c(c4)OCO5)no3)CCC2=O)cc1. The number of carbonyl (C=O) groups excluding carboxylic acids is 2. The summed E-state index contributed by atoms with van der Waals surface area (Å²) in [7, 11) is 0. The Morgan fingerprint density at radius 2 is 1.91 bits per heavy atom. The lowest BCUT2D eigenvalue weighted by Crippen LogP contribution is -2.38. The minimum atomic E-state index is -0.348. The largest absolute Gasteiger partial charge is 0.454 e. The molecule has 0 fully saturated rings. The fourth-order valence-electron chi connectivity index (χ4n) is 3.35. The van der Waals surface area contributed by atoms with Crippen LogP contribution in [0.15, 0.2) is 52.1 Å². The number of aromatic nitrogens is 2. The fraction of sp³-hybridized carbons (Fsp3) is 0.227. The molecule has 0 saturated heterocycles. The molecule has 2 aliphatic heterocycles. The number of amides is 2. The first-order valence-corrected chi connectivity index (χ1v) is 10.0. The molecule has 0 aliphatic carbocycles. The summed E-state index contributed by atoms with van der Waals surface area (Å²) in [4.78, 5) is 29.1. The molecule has 0 radical (unpaired) electrons. The van der Waals surface area contributed by atoms with E-state index in [1.54, 1.807) is 30.3 Å². The Hall–Kier alpha value is -4.21. The van der Waals surface area contributed by atoms with E-state index in [1.807, 2.05) is 19.1 Å². The summed E-state index contributed by atoms with van der Waals surface area (Å²) >= 11 is 0. The van der Waals surface area contributed by atoms with Crippen molar-refractivity contribution in [2.24, 2.45) is 5.10 Å². The highest BCUT2D eigenvalue weighted by Crippen LogP contribution is 2.35. The molecule has 3 aromatic rings. The number of aryl methyl sites for hydroxylation is 1. The predicted molar refractivity (Wildman–Crippen MR) is 113 cm³/mol. The van der Waals surface area contributed by atoms with Crippen molar-refractivity contribution in [3.8, 4) is 22.9 Å². The molecule has 10 nitrogen and oxygen atoms in total. The number of hydrogen-bond acceptors (Lipinski definition) is 8. The zero-order chi connectivity index (χ0) is 22.1. The van der Waals surface area contributed by atoms with E-state index in [2.05, 4.69) is 20.6 Å². The minimum absolute atomic E-state index is 0.175. The highest BCUT2D eigenvalue weighted by Gasteiger charge is 2.27. The molecule has 2 aromatic carbocycles. The zero-order valence-corrected chi connectivity index (χ0v) is 17.2. The number of carbonyl (C=O) groups is 2. The summed E-state index contributed by atoms with van der Waals surface area (Å²) in [5, 5.41) is 12.2. The van der Waals surface area contributed by atoms with E-state index in [0.717, 1.165) is 10.6 Å². The Morgan fingerprint density at radius 1 is 1.09 bits per heavy atom. The Bertz CT molecular complexity index is 1220. The van der Waals surface area contributed by atoms with E-state index in [1.165, 1.54) is 0 Å². The highest BCUT2D eigenvalue weighted by molar-refractivity contribution is 6.02. The molecule has 0 unspecified atom stereocenters. The third-order valence-corrected chi connectivity index (χ3v) is 5.04. The van der Waals surface area contributed by atoms with Gasteiger partial charge in [-0.25, -0.2) is 5.01 Å². The third kappa shape index (κ3) is 4.02. The van der Waals surface area contributed by atoms with Gasteiger partial charge >= 0.3 is 0 Å². The van der Waals surface area contributed by atoms with Crippen LogP contribution >= 0.6 is 0 Å². The van der Waals surface area contributed by atoms with Crippen LogP contribution in [0, 0.1) is 6.92 Å². The van der Waals surface area contributed by atoms with E-state index < -0.39 is 0 Å². The van der Waals surface area contributed by atoms with Gasteiger partial charge in [0.1, 0.15) is 12.3 Å². The molecular weight excluding hydrogens is 414 g/mol. The number of nitrogens with one attached hydrogen (secondary N) is 1. The van der Waals surface area contributed by atoms with Gasteiger partial charge in [0, 0.05) is 24.1 Å². The number of ether oxygens (including phenoxy) is 2. The normalized spacial score (nSPS) is 15.0. The average Bonchev–Trinajstić information content (AvgIpc) is 3.46. The van der Waals surface area contributed by atoms with Crippen molar-refractivity contribution in [1.82, 2.24) is 15.1 Å². The van der Waals surface area contributed by atoms with Gasteiger partial charge in [-0.2, -0.15) is 10.1 Å². The van der Waals surface area contributed by atoms with Crippen LogP contribution in [0.1, 0.15) is 24.3 Å². The Morgan fingerprint density at radius 3 is 2.75 bits per heavy atom. The molecule has 0 atom stereocenters. The minimum Gasteiger partial charge on any atom is -0.454 e. The quantitative estimate of drug-likeness (QED) is 0.657. The maximum atomic E-state index is 12.4. The van der Waals surface area contributed by atoms with Crippen LogP contribution in [0.5, 0.6) is 11.5 Å². The predicted octanol–water partition coefficient (Wildman–Crippen LogP) is 2.74. The molecule has 162 valence electrons. The van der Waals surface area contributed by atoms with Crippen molar-refractivity contribution < 1.29 is 23.6 Å². The summed E-state index contributed by atoms with van der Waals surface area (Å²) in [6.45, 7) is 1.93. The summed E-state index contributed by atoms with van der Waals surface area (Å²) in [6.07, 6.45) is 0.538. The van der Waals surface area contributed by atoms with Crippen LogP contribution < -0.4 is 14.8 Å². The van der Waals surface area contributed by atoms with Gasteiger partial charge < -0.3 is 19.3 Å². The number of hydrogen-bond donors (Lipinski definition) is 1.